The molecule has 116 valence electrons. The van der Waals surface area contributed by atoms with Gasteiger partial charge >= 0.3 is 6.09 Å². The van der Waals surface area contributed by atoms with Gasteiger partial charge in [0.05, 0.1) is 7.11 Å². The first-order valence-electron chi connectivity index (χ1n) is 6.97. The molecular weight excluding hydrogens is 262 g/mol. The molecule has 1 rings (SSSR count). The van der Waals surface area contributed by atoms with Crippen LogP contribution in [0.2, 0.25) is 0 Å². The zero-order valence-electron chi connectivity index (χ0n) is 12.2. The first-order chi connectivity index (χ1) is 9.55. The van der Waals surface area contributed by atoms with Gasteiger partial charge in [0.25, 0.3) is 0 Å². The van der Waals surface area contributed by atoms with Gasteiger partial charge < -0.3 is 20.5 Å². The topological polar surface area (TPSA) is 90.9 Å². The highest BCUT2D eigenvalue weighted by Gasteiger charge is 2.27. The lowest BCUT2D eigenvalue weighted by Gasteiger charge is -2.37. The third kappa shape index (κ3) is 6.21. The van der Waals surface area contributed by atoms with Crippen LogP contribution in [0.5, 0.6) is 0 Å². The maximum Gasteiger partial charge on any atom is 0.407 e. The van der Waals surface area contributed by atoms with Gasteiger partial charge in [0.1, 0.15) is 0 Å². The molecule has 2 atom stereocenters. The number of rotatable bonds is 6. The molecule has 0 spiro atoms. The van der Waals surface area contributed by atoms with E-state index in [-0.39, 0.29) is 18.6 Å². The first-order valence-corrected chi connectivity index (χ1v) is 6.97. The largest absolute Gasteiger partial charge is 0.453 e. The Labute approximate surface area is 119 Å². The fourth-order valence-electron chi connectivity index (χ4n) is 2.60. The number of aliphatic hydroxyl groups is 1. The Kier molecular flexibility index (Phi) is 7.32. The molecule has 1 aliphatic heterocycles. The van der Waals surface area contributed by atoms with Crippen LogP contribution in [-0.2, 0) is 9.53 Å². The molecular formula is C13H25N3O4. The Morgan fingerprint density at radius 2 is 2.15 bits per heavy atom. The smallest absolute Gasteiger partial charge is 0.407 e. The number of nitrogens with one attached hydrogen (secondary N) is 2. The number of methoxy groups -OCH3 is 1. The summed E-state index contributed by atoms with van der Waals surface area (Å²) in [7, 11) is 1.35. The van der Waals surface area contributed by atoms with Crippen LogP contribution >= 0.6 is 0 Å². The first kappa shape index (κ1) is 16.7. The van der Waals surface area contributed by atoms with Crippen LogP contribution in [0.1, 0.15) is 19.8 Å². The van der Waals surface area contributed by atoms with E-state index >= 15 is 0 Å². The van der Waals surface area contributed by atoms with Crippen molar-refractivity contribution in [2.75, 3.05) is 39.9 Å². The van der Waals surface area contributed by atoms with Gasteiger partial charge in [-0.05, 0) is 18.8 Å². The van der Waals surface area contributed by atoms with Crippen LogP contribution < -0.4 is 10.6 Å². The Morgan fingerprint density at radius 3 is 2.75 bits per heavy atom. The molecule has 0 aliphatic carbocycles. The zero-order chi connectivity index (χ0) is 15.0. The molecule has 1 saturated heterocycles. The molecule has 0 radical (unpaired) electrons. The summed E-state index contributed by atoms with van der Waals surface area (Å²) >= 11 is 0. The van der Waals surface area contributed by atoms with Crippen LogP contribution in [0.3, 0.4) is 0 Å². The molecule has 0 aromatic carbocycles. The van der Waals surface area contributed by atoms with E-state index in [9.17, 15) is 9.59 Å². The van der Waals surface area contributed by atoms with Gasteiger partial charge in [-0.15, -0.1) is 0 Å². The molecule has 2 unspecified atom stereocenters. The summed E-state index contributed by atoms with van der Waals surface area (Å²) in [6.07, 6.45) is 1.13. The number of carbonyl (C=O) groups excluding carboxylic acids is 2. The summed E-state index contributed by atoms with van der Waals surface area (Å²) in [5.74, 6) is 0.298. The molecule has 0 bridgehead atoms. The summed E-state index contributed by atoms with van der Waals surface area (Å²) in [6, 6.07) is 0.0186. The third-order valence-electron chi connectivity index (χ3n) is 3.46. The van der Waals surface area contributed by atoms with Crippen LogP contribution in [0.25, 0.3) is 0 Å². The molecule has 2 amide bonds. The van der Waals surface area contributed by atoms with Crippen LogP contribution in [0, 0.1) is 5.92 Å². The van der Waals surface area contributed by atoms with Crippen molar-refractivity contribution in [2.45, 2.75) is 25.8 Å². The van der Waals surface area contributed by atoms with Crippen molar-refractivity contribution >= 4 is 12.0 Å². The van der Waals surface area contributed by atoms with Gasteiger partial charge in [-0.3, -0.25) is 9.69 Å². The average molecular weight is 287 g/mol. The van der Waals surface area contributed by atoms with Crippen molar-refractivity contribution in [1.82, 2.24) is 15.5 Å². The number of hydrogen-bond donors (Lipinski definition) is 3. The minimum Gasteiger partial charge on any atom is -0.453 e. The standard InChI is InChI=1S/C13H25N3O4/c1-10(18)14-4-5-16-8-11(3-6-17)7-12(9-16)15-13(19)20-2/h11-12,17H,3-9H2,1-2H3,(H,14,18)(H,15,19). The molecule has 0 saturated carbocycles. The number of carbonyl (C=O) groups is 2. The van der Waals surface area contributed by atoms with Crippen molar-refractivity contribution < 1.29 is 19.4 Å². The second kappa shape index (κ2) is 8.76. The van der Waals surface area contributed by atoms with E-state index in [1.165, 1.54) is 14.0 Å². The van der Waals surface area contributed by atoms with Gasteiger partial charge in [-0.25, -0.2) is 4.79 Å². The predicted octanol–water partition coefficient (Wildman–Crippen LogP) is -0.449. The number of aliphatic hydroxyl groups excluding tert-OH is 1. The maximum atomic E-state index is 11.3. The number of hydrogen-bond acceptors (Lipinski definition) is 5. The lowest BCUT2D eigenvalue weighted by atomic mass is 9.92. The van der Waals surface area contributed by atoms with Gasteiger partial charge in [-0.2, -0.15) is 0 Å². The predicted molar refractivity (Wildman–Crippen MR) is 74.3 cm³/mol. The van der Waals surface area contributed by atoms with Gasteiger partial charge in [0, 0.05) is 45.8 Å². The molecule has 0 aromatic rings. The molecule has 1 heterocycles. The SMILES string of the molecule is COC(=O)NC1CC(CCO)CN(CCNC(C)=O)C1. The van der Waals surface area contributed by atoms with Gasteiger partial charge in [-0.1, -0.05) is 0 Å². The quantitative estimate of drug-likeness (QED) is 0.615. The summed E-state index contributed by atoms with van der Waals surface area (Å²) in [4.78, 5) is 24.4. The number of alkyl carbamates (subject to hydrolysis) is 1. The summed E-state index contributed by atoms with van der Waals surface area (Å²) < 4.78 is 4.62. The van der Waals surface area contributed by atoms with Gasteiger partial charge in [0.15, 0.2) is 0 Å². The third-order valence-corrected chi connectivity index (χ3v) is 3.46. The zero-order valence-corrected chi connectivity index (χ0v) is 12.2. The number of nitrogens with zero attached hydrogens (tertiary/aromatic N) is 1. The Morgan fingerprint density at radius 1 is 1.40 bits per heavy atom. The highest BCUT2D eigenvalue weighted by Crippen LogP contribution is 2.19. The monoisotopic (exact) mass is 287 g/mol. The fourth-order valence-corrected chi connectivity index (χ4v) is 2.60. The average Bonchev–Trinajstić information content (AvgIpc) is 2.38. The minimum atomic E-state index is -0.429. The second-order valence-corrected chi connectivity index (χ2v) is 5.19. The van der Waals surface area contributed by atoms with Gasteiger partial charge in [0.2, 0.25) is 5.91 Å². The fraction of sp³-hybridized carbons (Fsp3) is 0.846. The van der Waals surface area contributed by atoms with Crippen molar-refractivity contribution in [1.29, 1.82) is 0 Å². The highest BCUT2D eigenvalue weighted by atomic mass is 16.5. The highest BCUT2D eigenvalue weighted by molar-refractivity contribution is 5.72. The molecule has 1 aliphatic rings. The summed E-state index contributed by atoms with van der Waals surface area (Å²) in [6.45, 7) is 4.57. The van der Waals surface area contributed by atoms with Crippen molar-refractivity contribution in [3.8, 4) is 0 Å². The molecule has 7 heteroatoms. The summed E-state index contributed by atoms with van der Waals surface area (Å²) in [5, 5.41) is 14.7. The van der Waals surface area contributed by atoms with Crippen LogP contribution in [0.15, 0.2) is 0 Å². The normalized spacial score (nSPS) is 23.1. The number of piperidine rings is 1. The second-order valence-electron chi connectivity index (χ2n) is 5.19. The Hall–Kier alpha value is -1.34. The van der Waals surface area contributed by atoms with E-state index in [0.717, 1.165) is 32.5 Å². The molecule has 7 nitrogen and oxygen atoms in total. The van der Waals surface area contributed by atoms with Crippen LogP contribution in [0.4, 0.5) is 4.79 Å². The molecule has 1 fully saturated rings. The van der Waals surface area contributed by atoms with E-state index in [4.69, 9.17) is 5.11 Å². The van der Waals surface area contributed by atoms with E-state index < -0.39 is 6.09 Å². The lowest BCUT2D eigenvalue weighted by molar-refractivity contribution is -0.119. The Balaban J connectivity index is 2.46. The number of likely N-dealkylation sites (tertiary alicyclic amines) is 1. The maximum absolute atomic E-state index is 11.3. The summed E-state index contributed by atoms with van der Waals surface area (Å²) in [5.41, 5.74) is 0. The van der Waals surface area contributed by atoms with E-state index in [1.54, 1.807) is 0 Å². The van der Waals surface area contributed by atoms with E-state index in [1.807, 2.05) is 0 Å². The van der Waals surface area contributed by atoms with Crippen molar-refractivity contribution in [3.05, 3.63) is 0 Å². The van der Waals surface area contributed by atoms with Crippen LogP contribution in [-0.4, -0.2) is 67.9 Å². The van der Waals surface area contributed by atoms with Crippen molar-refractivity contribution in [2.24, 2.45) is 5.92 Å². The molecule has 0 aromatic heterocycles. The number of ether oxygens (including phenoxy) is 1. The lowest BCUT2D eigenvalue weighted by Crippen LogP contribution is -2.52. The minimum absolute atomic E-state index is 0.0186. The molecule has 20 heavy (non-hydrogen) atoms. The van der Waals surface area contributed by atoms with Crippen molar-refractivity contribution in [3.63, 3.8) is 0 Å². The van der Waals surface area contributed by atoms with E-state index in [0.29, 0.717) is 12.5 Å². The molecule has 3 N–H and O–H groups in total. The van der Waals surface area contributed by atoms with E-state index in [2.05, 4.69) is 20.3 Å². The Bertz CT molecular complexity index is 325. The number of amides is 2.